The number of rotatable bonds is 6. The minimum atomic E-state index is -0.309. The molecule has 0 radical (unpaired) electrons. The quantitative estimate of drug-likeness (QED) is 0.656. The molecule has 27 heavy (non-hydrogen) atoms. The van der Waals surface area contributed by atoms with E-state index in [1.165, 1.54) is 0 Å². The van der Waals surface area contributed by atoms with Crippen molar-refractivity contribution in [2.45, 2.75) is 0 Å². The summed E-state index contributed by atoms with van der Waals surface area (Å²) in [5.74, 6) is -0.0511. The number of carbonyl (C=O) groups excluding carboxylic acids is 2. The van der Waals surface area contributed by atoms with Crippen LogP contribution in [-0.2, 0) is 4.79 Å². The maximum absolute atomic E-state index is 12.1. The van der Waals surface area contributed by atoms with Crippen molar-refractivity contribution in [1.82, 2.24) is 0 Å². The van der Waals surface area contributed by atoms with E-state index < -0.39 is 0 Å². The van der Waals surface area contributed by atoms with Gasteiger partial charge in [0.05, 0.1) is 5.02 Å². The van der Waals surface area contributed by atoms with Crippen LogP contribution in [0.15, 0.2) is 78.9 Å². The van der Waals surface area contributed by atoms with Crippen LogP contribution in [0.25, 0.3) is 0 Å². The molecule has 0 atom stereocenters. The van der Waals surface area contributed by atoms with Crippen molar-refractivity contribution in [1.29, 1.82) is 0 Å². The molecule has 3 aromatic rings. The lowest BCUT2D eigenvalue weighted by atomic mass is 10.2. The molecule has 0 unspecified atom stereocenters. The largest absolute Gasteiger partial charge is 0.482 e. The lowest BCUT2D eigenvalue weighted by Crippen LogP contribution is -2.20. The van der Waals surface area contributed by atoms with Crippen molar-refractivity contribution in [3.8, 4) is 5.75 Å². The molecule has 2 N–H and O–H groups in total. The molecular formula is C21H17ClN2O3. The number of benzene rings is 3. The first kappa shape index (κ1) is 18.5. The maximum atomic E-state index is 12.1. The molecule has 0 aliphatic heterocycles. The number of hydrogen-bond donors (Lipinski definition) is 2. The second-order valence-electron chi connectivity index (χ2n) is 5.66. The first-order chi connectivity index (χ1) is 13.1. The molecule has 0 saturated heterocycles. The average molecular weight is 381 g/mol. The van der Waals surface area contributed by atoms with Crippen LogP contribution >= 0.6 is 11.6 Å². The molecule has 5 nitrogen and oxygen atoms in total. The van der Waals surface area contributed by atoms with E-state index in [0.717, 1.165) is 0 Å². The van der Waals surface area contributed by atoms with Gasteiger partial charge in [-0.2, -0.15) is 0 Å². The number of carbonyl (C=O) groups is 2. The molecule has 2 amide bonds. The Balaban J connectivity index is 1.52. The number of para-hydroxylation sites is 1. The molecule has 0 bridgehead atoms. The monoisotopic (exact) mass is 380 g/mol. The summed E-state index contributed by atoms with van der Waals surface area (Å²) in [6.45, 7) is -0.157. The van der Waals surface area contributed by atoms with Crippen LogP contribution in [-0.4, -0.2) is 18.4 Å². The van der Waals surface area contributed by atoms with Gasteiger partial charge in [-0.1, -0.05) is 41.9 Å². The molecule has 0 fully saturated rings. The fourth-order valence-corrected chi connectivity index (χ4v) is 2.52. The number of nitrogens with one attached hydrogen (secondary N) is 2. The summed E-state index contributed by atoms with van der Waals surface area (Å²) in [6, 6.07) is 22.7. The smallest absolute Gasteiger partial charge is 0.262 e. The SMILES string of the molecule is O=C(COc1ccccc1Cl)Nc1ccc(NC(=O)c2ccccc2)cc1. The van der Waals surface area contributed by atoms with Gasteiger partial charge in [0.1, 0.15) is 5.75 Å². The normalized spacial score (nSPS) is 10.1. The van der Waals surface area contributed by atoms with Crippen LogP contribution in [0, 0.1) is 0 Å². The third-order valence-electron chi connectivity index (χ3n) is 3.66. The van der Waals surface area contributed by atoms with E-state index in [0.29, 0.717) is 27.7 Å². The van der Waals surface area contributed by atoms with Crippen molar-refractivity contribution in [2.24, 2.45) is 0 Å². The fourth-order valence-electron chi connectivity index (χ4n) is 2.33. The Bertz CT molecular complexity index is 928. The van der Waals surface area contributed by atoms with Crippen LogP contribution in [0.1, 0.15) is 10.4 Å². The van der Waals surface area contributed by atoms with Crippen LogP contribution in [0.3, 0.4) is 0 Å². The number of anilines is 2. The van der Waals surface area contributed by atoms with Crippen LogP contribution < -0.4 is 15.4 Å². The molecular weight excluding hydrogens is 364 g/mol. The maximum Gasteiger partial charge on any atom is 0.262 e. The third-order valence-corrected chi connectivity index (χ3v) is 3.97. The standard InChI is InChI=1S/C21H17ClN2O3/c22-18-8-4-5-9-19(18)27-14-20(25)23-16-10-12-17(13-11-16)24-21(26)15-6-2-1-3-7-15/h1-13H,14H2,(H,23,25)(H,24,26). The van der Waals surface area contributed by atoms with Crippen LogP contribution in [0.2, 0.25) is 5.02 Å². The van der Waals surface area contributed by atoms with Crippen molar-refractivity contribution < 1.29 is 14.3 Å². The van der Waals surface area contributed by atoms with Gasteiger partial charge in [0.2, 0.25) is 0 Å². The first-order valence-corrected chi connectivity index (χ1v) is 8.63. The topological polar surface area (TPSA) is 67.4 Å². The van der Waals surface area contributed by atoms with Gasteiger partial charge < -0.3 is 15.4 Å². The zero-order valence-electron chi connectivity index (χ0n) is 14.3. The number of hydrogen-bond acceptors (Lipinski definition) is 3. The highest BCUT2D eigenvalue weighted by molar-refractivity contribution is 6.32. The number of amides is 2. The minimum absolute atomic E-state index is 0.157. The summed E-state index contributed by atoms with van der Waals surface area (Å²) < 4.78 is 5.40. The summed E-state index contributed by atoms with van der Waals surface area (Å²) in [4.78, 5) is 24.1. The Morgan fingerprint density at radius 1 is 0.778 bits per heavy atom. The summed E-state index contributed by atoms with van der Waals surface area (Å²) in [5.41, 5.74) is 1.81. The van der Waals surface area contributed by atoms with Gasteiger partial charge in [0.25, 0.3) is 11.8 Å². The summed E-state index contributed by atoms with van der Waals surface area (Å²) >= 11 is 5.98. The van der Waals surface area contributed by atoms with Crippen molar-refractivity contribution in [3.63, 3.8) is 0 Å². The molecule has 0 heterocycles. The molecule has 0 spiro atoms. The number of halogens is 1. The summed E-state index contributed by atoms with van der Waals surface area (Å²) in [6.07, 6.45) is 0. The Hall–Kier alpha value is -3.31. The molecule has 0 saturated carbocycles. The second-order valence-corrected chi connectivity index (χ2v) is 6.07. The highest BCUT2D eigenvalue weighted by Crippen LogP contribution is 2.23. The van der Waals surface area contributed by atoms with Gasteiger partial charge in [-0.15, -0.1) is 0 Å². The Labute approximate surface area is 161 Å². The summed E-state index contributed by atoms with van der Waals surface area (Å²) in [5, 5.41) is 5.97. The van der Waals surface area contributed by atoms with E-state index in [1.807, 2.05) is 6.07 Å². The number of ether oxygens (including phenoxy) is 1. The minimum Gasteiger partial charge on any atom is -0.482 e. The van der Waals surface area contributed by atoms with E-state index in [9.17, 15) is 9.59 Å². The highest BCUT2D eigenvalue weighted by Gasteiger charge is 2.07. The zero-order valence-corrected chi connectivity index (χ0v) is 15.1. The van der Waals surface area contributed by atoms with Crippen molar-refractivity contribution in [2.75, 3.05) is 17.2 Å². The van der Waals surface area contributed by atoms with Gasteiger partial charge in [0.15, 0.2) is 6.61 Å². The second kappa shape index (κ2) is 8.87. The zero-order chi connectivity index (χ0) is 19.1. The lowest BCUT2D eigenvalue weighted by molar-refractivity contribution is -0.118. The van der Waals surface area contributed by atoms with Crippen LogP contribution in [0.4, 0.5) is 11.4 Å². The molecule has 0 aromatic heterocycles. The Morgan fingerprint density at radius 2 is 1.37 bits per heavy atom. The summed E-state index contributed by atoms with van der Waals surface area (Å²) in [7, 11) is 0. The van der Waals surface area contributed by atoms with Crippen molar-refractivity contribution >= 4 is 34.8 Å². The first-order valence-electron chi connectivity index (χ1n) is 8.25. The predicted octanol–water partition coefficient (Wildman–Crippen LogP) is 4.61. The lowest BCUT2D eigenvalue weighted by Gasteiger charge is -2.10. The van der Waals surface area contributed by atoms with E-state index in [2.05, 4.69) is 10.6 Å². The molecule has 136 valence electrons. The van der Waals surface area contributed by atoms with Gasteiger partial charge >= 0.3 is 0 Å². The van der Waals surface area contributed by atoms with E-state index in [1.54, 1.807) is 72.8 Å². The molecule has 3 rings (SSSR count). The van der Waals surface area contributed by atoms with E-state index >= 15 is 0 Å². The Kier molecular flexibility index (Phi) is 6.07. The highest BCUT2D eigenvalue weighted by atomic mass is 35.5. The predicted molar refractivity (Wildman–Crippen MR) is 106 cm³/mol. The third kappa shape index (κ3) is 5.33. The van der Waals surface area contributed by atoms with Gasteiger partial charge in [-0.3, -0.25) is 9.59 Å². The van der Waals surface area contributed by atoms with Gasteiger partial charge in [-0.25, -0.2) is 0 Å². The van der Waals surface area contributed by atoms with E-state index in [4.69, 9.17) is 16.3 Å². The van der Waals surface area contributed by atoms with Crippen molar-refractivity contribution in [3.05, 3.63) is 89.4 Å². The molecule has 3 aromatic carbocycles. The van der Waals surface area contributed by atoms with Crippen LogP contribution in [0.5, 0.6) is 5.75 Å². The molecule has 0 aliphatic carbocycles. The fraction of sp³-hybridized carbons (Fsp3) is 0.0476. The molecule has 6 heteroatoms. The van der Waals surface area contributed by atoms with Gasteiger partial charge in [-0.05, 0) is 48.5 Å². The van der Waals surface area contributed by atoms with Gasteiger partial charge in [0, 0.05) is 16.9 Å². The molecule has 0 aliphatic rings. The average Bonchev–Trinajstić information content (AvgIpc) is 2.69. The van der Waals surface area contributed by atoms with E-state index in [-0.39, 0.29) is 18.4 Å². The Morgan fingerprint density at radius 3 is 2.04 bits per heavy atom.